The van der Waals surface area contributed by atoms with E-state index in [2.05, 4.69) is 16.6 Å². The fourth-order valence-electron chi connectivity index (χ4n) is 6.24. The highest BCUT2D eigenvalue weighted by molar-refractivity contribution is 7.89. The van der Waals surface area contributed by atoms with E-state index in [0.717, 1.165) is 31.4 Å². The molecule has 2 N–H and O–H groups in total. The number of hydrogen-bond acceptors (Lipinski definition) is 12. The average Bonchev–Trinajstić information content (AvgIpc) is 3.21. The highest BCUT2D eigenvalue weighted by Gasteiger charge is 2.45. The molecule has 3 aromatic carbocycles. The highest BCUT2D eigenvalue weighted by Crippen LogP contribution is 2.30. The zero-order valence-corrected chi connectivity index (χ0v) is 32.7. The van der Waals surface area contributed by atoms with Crippen LogP contribution in [0.25, 0.3) is 0 Å². The van der Waals surface area contributed by atoms with E-state index in [1.807, 2.05) is 0 Å². The van der Waals surface area contributed by atoms with Crippen molar-refractivity contribution in [2.75, 3.05) is 41.5 Å². The normalized spacial score (nSPS) is 16.1. The Morgan fingerprint density at radius 3 is 1.82 bits per heavy atom. The molecular formula is C39H43N5O12S. The van der Waals surface area contributed by atoms with Gasteiger partial charge < -0.3 is 39.1 Å². The Hall–Kier alpha value is -6.45. The van der Waals surface area contributed by atoms with E-state index in [1.165, 1.54) is 40.6 Å². The van der Waals surface area contributed by atoms with E-state index in [0.29, 0.717) is 34.1 Å². The molecule has 0 aliphatic carbocycles. The van der Waals surface area contributed by atoms with Crippen molar-refractivity contribution in [3.8, 4) is 35.3 Å². The number of benzene rings is 3. The molecule has 0 radical (unpaired) electrons. The second kappa shape index (κ2) is 18.5. The zero-order valence-electron chi connectivity index (χ0n) is 31.9. The lowest BCUT2D eigenvalue weighted by molar-refractivity contribution is -0.0730. The molecule has 2 heterocycles. The number of alkyl carbamates (subject to hydrolysis) is 2. The fourth-order valence-corrected chi connectivity index (χ4v) is 7.61. The molecule has 5 rings (SSSR count). The van der Waals surface area contributed by atoms with Gasteiger partial charge in [0.05, 0.1) is 46.4 Å². The molecule has 0 bridgehead atoms. The van der Waals surface area contributed by atoms with Crippen molar-refractivity contribution in [1.29, 1.82) is 0 Å². The minimum absolute atomic E-state index is 0.0343. The Morgan fingerprint density at radius 1 is 0.772 bits per heavy atom. The second-order valence-electron chi connectivity index (χ2n) is 12.7. The van der Waals surface area contributed by atoms with Crippen molar-refractivity contribution in [3.63, 3.8) is 0 Å². The third-order valence-electron chi connectivity index (χ3n) is 9.11. The zero-order chi connectivity index (χ0) is 41.3. The van der Waals surface area contributed by atoms with Gasteiger partial charge in [0, 0.05) is 31.8 Å². The maximum absolute atomic E-state index is 14.0. The van der Waals surface area contributed by atoms with Crippen molar-refractivity contribution in [3.05, 3.63) is 110 Å². The number of terminal acetylenes is 1. The van der Waals surface area contributed by atoms with Crippen molar-refractivity contribution < 1.29 is 46.4 Å². The third-order valence-corrected chi connectivity index (χ3v) is 10.9. The van der Waals surface area contributed by atoms with Gasteiger partial charge >= 0.3 is 12.2 Å². The number of aromatic nitrogens is 2. The Balaban J connectivity index is 1.51. The van der Waals surface area contributed by atoms with Gasteiger partial charge in [-0.05, 0) is 54.4 Å². The van der Waals surface area contributed by atoms with Crippen molar-refractivity contribution >= 4 is 22.2 Å². The average molecular weight is 806 g/mol. The standard InChI is InChI=1S/C39H43N5O12S/c1-7-18-42(57(49,50)28-12-8-25(2)9-13-28)23-29-37(56-39(48)41-22-27-11-15-31(52-4)33(20-27)54-6)34(24-43-35(45)16-17-36(46)44(29)43)55-38(47)40-21-26-10-14-30(51-3)32(19-26)53-5/h1,8-17,19-20,29,34,37H,18,21-24H2,2-6H3,(H,40,47)(H,41,48)/t29-,34+,37-/m1/s1. The van der Waals surface area contributed by atoms with E-state index in [9.17, 15) is 27.6 Å². The first kappa shape index (κ1) is 41.7. The lowest BCUT2D eigenvalue weighted by Gasteiger charge is -2.40. The molecule has 17 nitrogen and oxygen atoms in total. The van der Waals surface area contributed by atoms with Crippen LogP contribution in [0.2, 0.25) is 0 Å². The summed E-state index contributed by atoms with van der Waals surface area (Å²) in [4.78, 5) is 53.8. The molecule has 3 atom stereocenters. The van der Waals surface area contributed by atoms with E-state index in [-0.39, 0.29) is 18.0 Å². The Morgan fingerprint density at radius 2 is 1.30 bits per heavy atom. The number of rotatable bonds is 15. The number of methoxy groups -OCH3 is 4. The van der Waals surface area contributed by atoms with Crippen LogP contribution in [-0.4, -0.2) is 88.0 Å². The van der Waals surface area contributed by atoms with Gasteiger partial charge in [0.2, 0.25) is 10.0 Å². The van der Waals surface area contributed by atoms with E-state index >= 15 is 0 Å². The van der Waals surface area contributed by atoms with Crippen LogP contribution < -0.4 is 40.7 Å². The first-order valence-corrected chi connectivity index (χ1v) is 18.9. The maximum atomic E-state index is 14.0. The predicted molar refractivity (Wildman–Crippen MR) is 206 cm³/mol. The van der Waals surface area contributed by atoms with E-state index in [4.69, 9.17) is 34.8 Å². The molecule has 0 spiro atoms. The van der Waals surface area contributed by atoms with Crippen LogP contribution in [0.5, 0.6) is 23.0 Å². The summed E-state index contributed by atoms with van der Waals surface area (Å²) in [7, 11) is 1.56. The fraction of sp³-hybridized carbons (Fsp3) is 0.333. The molecule has 1 aliphatic rings. The number of sulfonamides is 1. The number of amides is 2. The van der Waals surface area contributed by atoms with Crippen LogP contribution in [0.3, 0.4) is 0 Å². The maximum Gasteiger partial charge on any atom is 0.407 e. The molecule has 0 saturated carbocycles. The first-order valence-electron chi connectivity index (χ1n) is 17.5. The van der Waals surface area contributed by atoms with Crippen LogP contribution in [0, 0.1) is 19.3 Å². The van der Waals surface area contributed by atoms with Gasteiger partial charge in [0.1, 0.15) is 6.04 Å². The van der Waals surface area contributed by atoms with Gasteiger partial charge in [-0.2, -0.15) is 4.31 Å². The summed E-state index contributed by atoms with van der Waals surface area (Å²) >= 11 is 0. The minimum Gasteiger partial charge on any atom is -0.493 e. The number of hydrogen-bond donors (Lipinski definition) is 2. The Labute approximate surface area is 329 Å². The number of nitrogens with zero attached hydrogens (tertiary/aromatic N) is 3. The van der Waals surface area contributed by atoms with Gasteiger partial charge in [-0.1, -0.05) is 35.7 Å². The number of carbonyl (C=O) groups is 2. The van der Waals surface area contributed by atoms with Crippen LogP contribution in [0.1, 0.15) is 22.7 Å². The second-order valence-corrected chi connectivity index (χ2v) is 14.7. The first-order chi connectivity index (χ1) is 27.3. The lowest BCUT2D eigenvalue weighted by Crippen LogP contribution is -2.59. The Bertz CT molecular complexity index is 2350. The molecular weight excluding hydrogens is 763 g/mol. The monoisotopic (exact) mass is 805 g/mol. The molecule has 18 heteroatoms. The molecule has 1 aromatic heterocycles. The quantitative estimate of drug-likeness (QED) is 0.167. The summed E-state index contributed by atoms with van der Waals surface area (Å²) in [6.07, 6.45) is 0.698. The number of carbonyl (C=O) groups excluding carboxylic acids is 2. The van der Waals surface area contributed by atoms with E-state index in [1.54, 1.807) is 55.5 Å². The van der Waals surface area contributed by atoms with Crippen LogP contribution in [-0.2, 0) is 39.1 Å². The van der Waals surface area contributed by atoms with Gasteiger partial charge in [-0.25, -0.2) is 27.4 Å². The van der Waals surface area contributed by atoms with Gasteiger partial charge in [-0.3, -0.25) is 9.59 Å². The predicted octanol–water partition coefficient (Wildman–Crippen LogP) is 2.82. The summed E-state index contributed by atoms with van der Waals surface area (Å²) < 4.78 is 64.0. The van der Waals surface area contributed by atoms with Crippen molar-refractivity contribution in [2.45, 2.75) is 49.7 Å². The van der Waals surface area contributed by atoms with E-state index < -0.39 is 71.2 Å². The number of aryl methyl sites for hydroxylation is 1. The molecule has 0 unspecified atom stereocenters. The molecule has 0 fully saturated rings. The summed E-state index contributed by atoms with van der Waals surface area (Å²) in [6.45, 7) is 0.213. The number of nitrogens with one attached hydrogen (secondary N) is 2. The topological polar surface area (TPSA) is 195 Å². The molecule has 302 valence electrons. The summed E-state index contributed by atoms with van der Waals surface area (Å²) in [5.41, 5.74) is 0.642. The van der Waals surface area contributed by atoms with Crippen LogP contribution in [0.15, 0.2) is 87.3 Å². The van der Waals surface area contributed by atoms with Crippen LogP contribution >= 0.6 is 0 Å². The van der Waals surface area contributed by atoms with Gasteiger partial charge in [-0.15, -0.1) is 6.42 Å². The third kappa shape index (κ3) is 9.69. The Kier molecular flexibility index (Phi) is 13.5. The smallest absolute Gasteiger partial charge is 0.407 e. The molecule has 0 saturated heterocycles. The highest BCUT2D eigenvalue weighted by atomic mass is 32.2. The molecule has 2 amide bonds. The minimum atomic E-state index is -4.34. The SMILES string of the molecule is C#CCN(C[C@@H]1[C@@H](OC(=O)NCc2ccc(OC)c(OC)c2)[C@@H](OC(=O)NCc2ccc(OC)c(OC)c2)Cn2c(=O)ccc(=O)n21)S(=O)(=O)c1ccc(C)cc1. The molecule has 57 heavy (non-hydrogen) atoms. The van der Waals surface area contributed by atoms with Crippen molar-refractivity contribution in [2.24, 2.45) is 0 Å². The molecule has 1 aliphatic heterocycles. The van der Waals surface area contributed by atoms with Gasteiger partial charge in [0.25, 0.3) is 11.1 Å². The van der Waals surface area contributed by atoms with Gasteiger partial charge in [0.15, 0.2) is 35.2 Å². The van der Waals surface area contributed by atoms with Crippen molar-refractivity contribution in [1.82, 2.24) is 24.3 Å². The summed E-state index contributed by atoms with van der Waals surface area (Å²) in [6, 6.07) is 16.6. The summed E-state index contributed by atoms with van der Waals surface area (Å²) in [5, 5.41) is 5.26. The van der Waals surface area contributed by atoms with Crippen LogP contribution in [0.4, 0.5) is 9.59 Å². The number of fused-ring (bicyclic) bond motifs is 1. The lowest BCUT2D eigenvalue weighted by atomic mass is 10.0. The number of ether oxygens (including phenoxy) is 6. The largest absolute Gasteiger partial charge is 0.493 e. The molecule has 4 aromatic rings. The summed E-state index contributed by atoms with van der Waals surface area (Å²) in [5.74, 6) is 4.11.